The lowest BCUT2D eigenvalue weighted by molar-refractivity contribution is 0.226. The van der Waals surface area contributed by atoms with Crippen molar-refractivity contribution in [2.45, 2.75) is 45.4 Å². The first-order valence-electron chi connectivity index (χ1n) is 12.5. The van der Waals surface area contributed by atoms with Gasteiger partial charge in [-0.2, -0.15) is 0 Å². The predicted octanol–water partition coefficient (Wildman–Crippen LogP) is 4.75. The molecule has 0 aliphatic carbocycles. The molecule has 5 N–H and O–H groups in total. The maximum Gasteiger partial charge on any atom is 0.179 e. The van der Waals surface area contributed by atoms with Crippen LogP contribution in [-0.4, -0.2) is 56.2 Å². The van der Waals surface area contributed by atoms with Gasteiger partial charge in [-0.25, -0.2) is 5.84 Å². The quantitative estimate of drug-likeness (QED) is 0.257. The van der Waals surface area contributed by atoms with E-state index in [0.717, 1.165) is 60.5 Å². The number of rotatable bonds is 6. The molecule has 190 valence electrons. The summed E-state index contributed by atoms with van der Waals surface area (Å²) in [6, 6.07) is 6.92. The molecule has 5 rings (SSSR count). The number of hydrazine groups is 1. The van der Waals surface area contributed by atoms with Crippen LogP contribution in [0.1, 0.15) is 55.2 Å². The average Bonchev–Trinajstić information content (AvgIpc) is 3.45. The molecule has 0 bridgehead atoms. The van der Waals surface area contributed by atoms with Crippen molar-refractivity contribution in [2.24, 2.45) is 11.6 Å². The number of nitrogens with zero attached hydrogens (tertiary/aromatic N) is 5. The first kappa shape index (κ1) is 24.6. The highest BCUT2D eigenvalue weighted by atomic mass is 35.5. The Balaban J connectivity index is 1.46. The van der Waals surface area contributed by atoms with E-state index in [1.54, 1.807) is 19.6 Å². The molecule has 0 radical (unpaired) electrons. The molecule has 0 unspecified atom stereocenters. The summed E-state index contributed by atoms with van der Waals surface area (Å²) in [5.41, 5.74) is 14.7. The molecule has 1 aliphatic rings. The lowest BCUT2D eigenvalue weighted by atomic mass is 9.87. The second kappa shape index (κ2) is 9.76. The van der Waals surface area contributed by atoms with Gasteiger partial charge in [0.05, 0.1) is 10.7 Å². The number of fused-ring (bicyclic) bond motifs is 2. The van der Waals surface area contributed by atoms with Crippen LogP contribution in [0.25, 0.3) is 27.8 Å². The van der Waals surface area contributed by atoms with Crippen LogP contribution in [0.2, 0.25) is 5.02 Å². The number of halogens is 1. The highest BCUT2D eigenvalue weighted by Crippen LogP contribution is 2.40. The minimum Gasteiger partial charge on any atom is -0.400 e. The fourth-order valence-electron chi connectivity index (χ4n) is 5.55. The van der Waals surface area contributed by atoms with Gasteiger partial charge in [-0.3, -0.25) is 9.30 Å². The summed E-state index contributed by atoms with van der Waals surface area (Å²) in [6.45, 7) is 9.36. The molecule has 0 atom stereocenters. The molecular weight excluding hydrogens is 472 g/mol. The van der Waals surface area contributed by atoms with Gasteiger partial charge < -0.3 is 15.7 Å². The van der Waals surface area contributed by atoms with Crippen molar-refractivity contribution in [1.29, 1.82) is 0 Å². The summed E-state index contributed by atoms with van der Waals surface area (Å²) >= 11 is 6.69. The van der Waals surface area contributed by atoms with Crippen molar-refractivity contribution in [3.05, 3.63) is 64.3 Å². The Morgan fingerprint density at radius 3 is 2.75 bits per heavy atom. The van der Waals surface area contributed by atoms with Gasteiger partial charge >= 0.3 is 0 Å². The van der Waals surface area contributed by atoms with Gasteiger partial charge in [0.15, 0.2) is 5.65 Å². The van der Waals surface area contributed by atoms with Crippen molar-refractivity contribution in [2.75, 3.05) is 26.7 Å². The van der Waals surface area contributed by atoms with E-state index in [0.29, 0.717) is 22.5 Å². The van der Waals surface area contributed by atoms with Crippen molar-refractivity contribution in [1.82, 2.24) is 29.5 Å². The van der Waals surface area contributed by atoms with Crippen LogP contribution >= 0.6 is 11.6 Å². The molecule has 3 aromatic heterocycles. The number of H-pyrrole nitrogens is 1. The van der Waals surface area contributed by atoms with E-state index in [2.05, 4.69) is 65.2 Å². The number of aromatic nitrogens is 4. The van der Waals surface area contributed by atoms with E-state index >= 15 is 0 Å². The molecule has 0 amide bonds. The number of piperidine rings is 1. The van der Waals surface area contributed by atoms with Gasteiger partial charge in [0.25, 0.3) is 0 Å². The van der Waals surface area contributed by atoms with Gasteiger partial charge in [0.1, 0.15) is 6.33 Å². The largest absolute Gasteiger partial charge is 0.400 e. The van der Waals surface area contributed by atoms with Crippen LogP contribution in [0.3, 0.4) is 0 Å². The number of likely N-dealkylation sites (tertiary alicyclic amines) is 1. The molecule has 4 heterocycles. The Labute approximate surface area is 216 Å². The van der Waals surface area contributed by atoms with Gasteiger partial charge in [0, 0.05) is 48.2 Å². The Hall–Kier alpha value is -3.07. The first-order chi connectivity index (χ1) is 17.2. The van der Waals surface area contributed by atoms with E-state index in [4.69, 9.17) is 23.2 Å². The molecule has 1 saturated heterocycles. The Kier molecular flexibility index (Phi) is 6.68. The van der Waals surface area contributed by atoms with Gasteiger partial charge in [-0.15, -0.1) is 10.2 Å². The second-order valence-corrected chi connectivity index (χ2v) is 10.7. The lowest BCUT2D eigenvalue weighted by Gasteiger charge is -2.32. The maximum absolute atomic E-state index is 6.69. The zero-order valence-corrected chi connectivity index (χ0v) is 22.2. The highest BCUT2D eigenvalue weighted by Gasteiger charge is 2.24. The monoisotopic (exact) mass is 506 g/mol. The first-order valence-corrected chi connectivity index (χ1v) is 12.9. The highest BCUT2D eigenvalue weighted by molar-refractivity contribution is 6.34. The van der Waals surface area contributed by atoms with Crippen LogP contribution in [-0.2, 0) is 0 Å². The van der Waals surface area contributed by atoms with Gasteiger partial charge in [-0.05, 0) is 73.5 Å². The minimum atomic E-state index is 0.344. The fraction of sp³-hybridized carbons (Fsp3) is 0.407. The van der Waals surface area contributed by atoms with Crippen molar-refractivity contribution in [3.63, 3.8) is 0 Å². The number of hydrogen-bond acceptors (Lipinski definition) is 6. The van der Waals surface area contributed by atoms with Crippen molar-refractivity contribution < 1.29 is 0 Å². The number of nitrogens with two attached hydrogens (primary N) is 2. The fourth-order valence-corrected chi connectivity index (χ4v) is 5.79. The molecule has 1 fully saturated rings. The Morgan fingerprint density at radius 2 is 2.06 bits per heavy atom. The smallest absolute Gasteiger partial charge is 0.179 e. The lowest BCUT2D eigenvalue weighted by Crippen LogP contribution is -2.36. The zero-order chi connectivity index (χ0) is 25.6. The van der Waals surface area contributed by atoms with E-state index in [1.807, 2.05) is 4.40 Å². The van der Waals surface area contributed by atoms with Gasteiger partial charge in [0.2, 0.25) is 0 Å². The van der Waals surface area contributed by atoms with Crippen molar-refractivity contribution in [3.8, 4) is 11.3 Å². The normalized spacial score (nSPS) is 16.0. The van der Waals surface area contributed by atoms with Gasteiger partial charge in [-0.1, -0.05) is 31.5 Å². The number of aromatic amines is 1. The van der Waals surface area contributed by atoms with Crippen LogP contribution < -0.4 is 11.6 Å². The van der Waals surface area contributed by atoms with Crippen LogP contribution in [0.4, 0.5) is 0 Å². The number of pyridine rings is 1. The molecule has 0 spiro atoms. The Morgan fingerprint density at radius 1 is 1.31 bits per heavy atom. The molecular formula is C27H35ClN8. The number of hydrogen-bond donors (Lipinski definition) is 3. The van der Waals surface area contributed by atoms with Crippen molar-refractivity contribution >= 4 is 28.2 Å². The molecule has 9 heteroatoms. The molecule has 1 aromatic carbocycles. The SMILES string of the molecule is Cc1c(-c2[nH]c3ccc(C4CCN(C/C(N)=C/N(C)N)CC4)cc3c2C(C)C)cn2cnnc2c1Cl. The standard InChI is InChI=1S/C27H35ClN8/c1-16(2)24-21-11-19(18-7-9-35(10-8-18)13-20(29)12-34(4)30)5-6-23(21)32-26(24)22-14-36-15-31-33-27(36)25(28)17(22)3/h5-6,11-12,14-16,18,32H,7-10,13,29-30H2,1-4H3/b20-12-. The average molecular weight is 507 g/mol. The predicted molar refractivity (Wildman–Crippen MR) is 147 cm³/mol. The molecule has 8 nitrogen and oxygen atoms in total. The van der Waals surface area contributed by atoms with E-state index in [9.17, 15) is 0 Å². The summed E-state index contributed by atoms with van der Waals surface area (Å²) in [5.74, 6) is 6.57. The zero-order valence-electron chi connectivity index (χ0n) is 21.4. The van der Waals surface area contributed by atoms with Crippen LogP contribution in [0.5, 0.6) is 0 Å². The topological polar surface area (TPSA) is 104 Å². The van der Waals surface area contributed by atoms with E-state index < -0.39 is 0 Å². The van der Waals surface area contributed by atoms with E-state index in [-0.39, 0.29) is 0 Å². The van der Waals surface area contributed by atoms with E-state index in [1.165, 1.54) is 21.5 Å². The minimum absolute atomic E-state index is 0.344. The molecule has 36 heavy (non-hydrogen) atoms. The third-order valence-electron chi connectivity index (χ3n) is 7.31. The molecule has 1 aliphatic heterocycles. The van der Waals surface area contributed by atoms with Crippen LogP contribution in [0, 0.1) is 6.92 Å². The molecule has 4 aromatic rings. The Bertz CT molecular complexity index is 1420. The maximum atomic E-state index is 6.69. The summed E-state index contributed by atoms with van der Waals surface area (Å²) in [4.78, 5) is 6.11. The van der Waals surface area contributed by atoms with Crippen LogP contribution in [0.15, 0.2) is 42.6 Å². The molecule has 0 saturated carbocycles. The summed E-state index contributed by atoms with van der Waals surface area (Å²) in [5, 5.41) is 11.6. The summed E-state index contributed by atoms with van der Waals surface area (Å²) in [6.07, 6.45) is 7.79. The summed E-state index contributed by atoms with van der Waals surface area (Å²) < 4.78 is 1.90. The third-order valence-corrected chi connectivity index (χ3v) is 7.77. The third kappa shape index (κ3) is 4.56. The second-order valence-electron chi connectivity index (χ2n) is 10.3. The number of nitrogens with one attached hydrogen (secondary N) is 1. The number of benzene rings is 1. The summed E-state index contributed by atoms with van der Waals surface area (Å²) in [7, 11) is 1.79.